The number of likely N-dealkylation sites (tertiary alicyclic amines) is 1. The van der Waals surface area contributed by atoms with Gasteiger partial charge in [-0.05, 0) is 57.2 Å². The van der Waals surface area contributed by atoms with Crippen molar-refractivity contribution in [1.29, 1.82) is 0 Å². The van der Waals surface area contributed by atoms with Crippen molar-refractivity contribution in [2.45, 2.75) is 45.6 Å². The average Bonchev–Trinajstić information content (AvgIpc) is 3.05. The van der Waals surface area contributed by atoms with Crippen LogP contribution in [0.1, 0.15) is 38.7 Å². The summed E-state index contributed by atoms with van der Waals surface area (Å²) in [4.78, 5) is 6.95. The van der Waals surface area contributed by atoms with Gasteiger partial charge in [0.2, 0.25) is 0 Å². The summed E-state index contributed by atoms with van der Waals surface area (Å²) < 4.78 is 0. The van der Waals surface area contributed by atoms with Gasteiger partial charge >= 0.3 is 0 Å². The molecule has 4 nitrogen and oxygen atoms in total. The van der Waals surface area contributed by atoms with E-state index in [4.69, 9.17) is 0 Å². The molecule has 1 fully saturated rings. The molecule has 1 aliphatic heterocycles. The minimum Gasteiger partial charge on any atom is -0.356 e. The van der Waals surface area contributed by atoms with Gasteiger partial charge in [-0.2, -0.15) is 0 Å². The van der Waals surface area contributed by atoms with Gasteiger partial charge in [0.05, 0.1) is 0 Å². The maximum Gasteiger partial charge on any atom is 0.191 e. The van der Waals surface area contributed by atoms with Crippen LogP contribution in [0, 0.1) is 5.92 Å². The zero-order valence-electron chi connectivity index (χ0n) is 16.0. The van der Waals surface area contributed by atoms with Crippen LogP contribution in [-0.4, -0.2) is 50.1 Å². The zero-order valence-corrected chi connectivity index (χ0v) is 18.3. The van der Waals surface area contributed by atoms with Crippen LogP contribution in [0.2, 0.25) is 0 Å². The molecule has 2 atom stereocenters. The Labute approximate surface area is 170 Å². The summed E-state index contributed by atoms with van der Waals surface area (Å²) in [5.74, 6) is 1.68. The van der Waals surface area contributed by atoms with Crippen molar-refractivity contribution in [1.82, 2.24) is 15.5 Å². The van der Waals surface area contributed by atoms with Gasteiger partial charge in [0.15, 0.2) is 5.96 Å². The van der Waals surface area contributed by atoms with Crippen molar-refractivity contribution in [2.75, 3.05) is 33.2 Å². The van der Waals surface area contributed by atoms with Crippen molar-refractivity contribution >= 4 is 29.9 Å². The normalized spacial score (nSPS) is 19.3. The summed E-state index contributed by atoms with van der Waals surface area (Å²) in [6.07, 6.45) is 4.76. The smallest absolute Gasteiger partial charge is 0.191 e. The number of hydrogen-bond acceptors (Lipinski definition) is 2. The van der Waals surface area contributed by atoms with Gasteiger partial charge in [-0.1, -0.05) is 37.3 Å². The van der Waals surface area contributed by atoms with Crippen LogP contribution in [0.5, 0.6) is 0 Å². The first-order chi connectivity index (χ1) is 11.7. The van der Waals surface area contributed by atoms with Gasteiger partial charge < -0.3 is 15.5 Å². The van der Waals surface area contributed by atoms with Crippen molar-refractivity contribution in [2.24, 2.45) is 10.9 Å². The number of nitrogens with one attached hydrogen (secondary N) is 2. The van der Waals surface area contributed by atoms with E-state index in [1.165, 1.54) is 38.0 Å². The molecule has 0 aliphatic carbocycles. The third kappa shape index (κ3) is 8.40. The number of rotatable bonds is 8. The number of guanidine groups is 1. The second kappa shape index (κ2) is 12.5. The van der Waals surface area contributed by atoms with E-state index in [9.17, 15) is 0 Å². The Kier molecular flexibility index (Phi) is 11.1. The maximum absolute atomic E-state index is 4.38. The van der Waals surface area contributed by atoms with Crippen molar-refractivity contribution in [3.05, 3.63) is 35.9 Å². The lowest BCUT2D eigenvalue weighted by Gasteiger charge is -2.20. The highest BCUT2D eigenvalue weighted by atomic mass is 127. The van der Waals surface area contributed by atoms with Crippen LogP contribution in [0.3, 0.4) is 0 Å². The molecule has 0 bridgehead atoms. The van der Waals surface area contributed by atoms with Crippen LogP contribution >= 0.6 is 24.0 Å². The molecule has 1 saturated heterocycles. The van der Waals surface area contributed by atoms with E-state index in [-0.39, 0.29) is 24.0 Å². The fourth-order valence-corrected chi connectivity index (χ4v) is 3.37. The van der Waals surface area contributed by atoms with E-state index in [0.717, 1.165) is 31.3 Å². The summed E-state index contributed by atoms with van der Waals surface area (Å²) in [6.45, 7) is 9.22. The molecule has 5 heteroatoms. The standard InChI is InChI=1S/C20H34N4.HI/c1-4-13-24-14-12-19(16-24)15-22-20(21-3)23-17(2)10-11-18-8-6-5-7-9-18;/h5-9,17,19H,4,10-16H2,1-3H3,(H2,21,22,23);1H. The van der Waals surface area contributed by atoms with E-state index in [0.29, 0.717) is 6.04 Å². The monoisotopic (exact) mass is 458 g/mol. The third-order valence-corrected chi connectivity index (χ3v) is 4.78. The van der Waals surface area contributed by atoms with Crippen LogP contribution in [-0.2, 0) is 6.42 Å². The van der Waals surface area contributed by atoms with Gasteiger partial charge in [-0.3, -0.25) is 4.99 Å². The summed E-state index contributed by atoms with van der Waals surface area (Å²) in [7, 11) is 1.86. The Morgan fingerprint density at radius 1 is 1.32 bits per heavy atom. The highest BCUT2D eigenvalue weighted by molar-refractivity contribution is 14.0. The Bertz CT molecular complexity index is 492. The first kappa shape index (κ1) is 22.2. The predicted molar refractivity (Wildman–Crippen MR) is 119 cm³/mol. The molecule has 1 heterocycles. The molecule has 0 spiro atoms. The summed E-state index contributed by atoms with van der Waals surface area (Å²) >= 11 is 0. The molecule has 1 aromatic rings. The summed E-state index contributed by atoms with van der Waals surface area (Å²) in [6, 6.07) is 11.1. The lowest BCUT2D eigenvalue weighted by molar-refractivity contribution is 0.324. The third-order valence-electron chi connectivity index (χ3n) is 4.78. The molecule has 0 aromatic heterocycles. The second-order valence-corrected chi connectivity index (χ2v) is 6.98. The molecule has 1 aromatic carbocycles. The van der Waals surface area contributed by atoms with E-state index >= 15 is 0 Å². The Morgan fingerprint density at radius 3 is 2.76 bits per heavy atom. The first-order valence-electron chi connectivity index (χ1n) is 9.44. The molecule has 2 rings (SSSR count). The Hall–Kier alpha value is -0.820. The van der Waals surface area contributed by atoms with Gasteiger partial charge in [-0.25, -0.2) is 0 Å². The minimum atomic E-state index is 0. The minimum absolute atomic E-state index is 0. The van der Waals surface area contributed by atoms with Crippen molar-refractivity contribution < 1.29 is 0 Å². The van der Waals surface area contributed by atoms with Crippen molar-refractivity contribution in [3.8, 4) is 0 Å². The van der Waals surface area contributed by atoms with Crippen LogP contribution in [0.4, 0.5) is 0 Å². The SMILES string of the molecule is CCCN1CCC(CNC(=NC)NC(C)CCc2ccccc2)C1.I. The number of aryl methyl sites for hydroxylation is 1. The van der Waals surface area contributed by atoms with Gasteiger partial charge in [0.25, 0.3) is 0 Å². The lowest BCUT2D eigenvalue weighted by atomic mass is 10.1. The Morgan fingerprint density at radius 2 is 2.08 bits per heavy atom. The van der Waals surface area contributed by atoms with E-state index < -0.39 is 0 Å². The summed E-state index contributed by atoms with van der Waals surface area (Å²) in [5.41, 5.74) is 1.40. The van der Waals surface area contributed by atoms with Gasteiger partial charge in [-0.15, -0.1) is 24.0 Å². The lowest BCUT2D eigenvalue weighted by Crippen LogP contribution is -2.44. The van der Waals surface area contributed by atoms with Crippen LogP contribution in [0.15, 0.2) is 35.3 Å². The Balaban J connectivity index is 0.00000312. The van der Waals surface area contributed by atoms with Gasteiger partial charge in [0, 0.05) is 26.2 Å². The molecule has 1 aliphatic rings. The number of hydrogen-bond donors (Lipinski definition) is 2. The first-order valence-corrected chi connectivity index (χ1v) is 9.44. The number of aliphatic imine (C=N–C) groups is 1. The number of halogens is 1. The zero-order chi connectivity index (χ0) is 17.2. The molecule has 25 heavy (non-hydrogen) atoms. The molecule has 0 radical (unpaired) electrons. The molecular weight excluding hydrogens is 423 g/mol. The van der Waals surface area contributed by atoms with Crippen molar-refractivity contribution in [3.63, 3.8) is 0 Å². The van der Waals surface area contributed by atoms with Gasteiger partial charge in [0.1, 0.15) is 0 Å². The molecule has 0 amide bonds. The highest BCUT2D eigenvalue weighted by Crippen LogP contribution is 2.15. The van der Waals surface area contributed by atoms with E-state index in [2.05, 4.69) is 64.7 Å². The number of benzene rings is 1. The maximum atomic E-state index is 4.38. The largest absolute Gasteiger partial charge is 0.356 e. The molecule has 0 saturated carbocycles. The molecule has 2 unspecified atom stereocenters. The van der Waals surface area contributed by atoms with Crippen LogP contribution in [0.25, 0.3) is 0 Å². The van der Waals surface area contributed by atoms with Crippen LogP contribution < -0.4 is 10.6 Å². The number of nitrogens with zero attached hydrogens (tertiary/aromatic N) is 2. The topological polar surface area (TPSA) is 39.7 Å². The fraction of sp³-hybridized carbons (Fsp3) is 0.650. The highest BCUT2D eigenvalue weighted by Gasteiger charge is 2.21. The quantitative estimate of drug-likeness (QED) is 0.356. The predicted octanol–water partition coefficient (Wildman–Crippen LogP) is 3.52. The fourth-order valence-electron chi connectivity index (χ4n) is 3.37. The molecule has 142 valence electrons. The van der Waals surface area contributed by atoms with E-state index in [1.54, 1.807) is 0 Å². The molecule has 2 N–H and O–H groups in total. The van der Waals surface area contributed by atoms with E-state index in [1.807, 2.05) is 7.05 Å². The second-order valence-electron chi connectivity index (χ2n) is 6.98. The average molecular weight is 458 g/mol. The summed E-state index contributed by atoms with van der Waals surface area (Å²) in [5, 5.41) is 7.04. The molecular formula is C20H35IN4.